The standard InChI is InChI=1S/C17H18ClN3O4/c18-16-4-2-1-3-13(16)11-25-12-17(22)20-10-9-19-14-5-7-15(8-6-14)21(23)24/h1-8,19H,9-12H2,(H,20,22). The minimum absolute atomic E-state index is 0.0366. The Kier molecular flexibility index (Phi) is 7.18. The number of non-ortho nitro benzene ring substituents is 1. The van der Waals surface area contributed by atoms with Crippen LogP contribution in [0.1, 0.15) is 5.56 Å². The van der Waals surface area contributed by atoms with Crippen molar-refractivity contribution >= 4 is 28.9 Å². The van der Waals surface area contributed by atoms with E-state index in [0.717, 1.165) is 11.3 Å². The van der Waals surface area contributed by atoms with E-state index >= 15 is 0 Å². The van der Waals surface area contributed by atoms with Crippen LogP contribution < -0.4 is 10.6 Å². The van der Waals surface area contributed by atoms with Crippen molar-refractivity contribution in [3.63, 3.8) is 0 Å². The van der Waals surface area contributed by atoms with E-state index in [1.54, 1.807) is 18.2 Å². The summed E-state index contributed by atoms with van der Waals surface area (Å²) < 4.78 is 5.33. The van der Waals surface area contributed by atoms with Gasteiger partial charge in [0.05, 0.1) is 11.5 Å². The first kappa shape index (κ1) is 18.7. The van der Waals surface area contributed by atoms with Crippen LogP contribution in [0.4, 0.5) is 11.4 Å². The van der Waals surface area contributed by atoms with Crippen molar-refractivity contribution in [2.45, 2.75) is 6.61 Å². The molecule has 2 N–H and O–H groups in total. The van der Waals surface area contributed by atoms with Gasteiger partial charge in [0.25, 0.3) is 5.69 Å². The second kappa shape index (κ2) is 9.61. The average molecular weight is 364 g/mol. The van der Waals surface area contributed by atoms with Gasteiger partial charge in [-0.1, -0.05) is 29.8 Å². The number of hydrogen-bond donors (Lipinski definition) is 2. The highest BCUT2D eigenvalue weighted by molar-refractivity contribution is 6.31. The molecule has 0 saturated heterocycles. The molecule has 0 atom stereocenters. The van der Waals surface area contributed by atoms with E-state index in [0.29, 0.717) is 18.1 Å². The summed E-state index contributed by atoms with van der Waals surface area (Å²) in [6.07, 6.45) is 0. The highest BCUT2D eigenvalue weighted by atomic mass is 35.5. The Hall–Kier alpha value is -2.64. The van der Waals surface area contributed by atoms with Crippen molar-refractivity contribution in [3.05, 3.63) is 69.2 Å². The lowest BCUT2D eigenvalue weighted by Gasteiger charge is -2.09. The van der Waals surface area contributed by atoms with Crippen molar-refractivity contribution < 1.29 is 14.5 Å². The van der Waals surface area contributed by atoms with E-state index in [2.05, 4.69) is 10.6 Å². The fraction of sp³-hybridized carbons (Fsp3) is 0.235. The second-order valence-electron chi connectivity index (χ2n) is 5.16. The fourth-order valence-corrected chi connectivity index (χ4v) is 2.22. The van der Waals surface area contributed by atoms with Gasteiger partial charge >= 0.3 is 0 Å². The van der Waals surface area contributed by atoms with E-state index < -0.39 is 4.92 Å². The lowest BCUT2D eigenvalue weighted by molar-refractivity contribution is -0.384. The molecule has 0 unspecified atom stereocenters. The van der Waals surface area contributed by atoms with Gasteiger partial charge in [0.15, 0.2) is 0 Å². The molecular formula is C17H18ClN3O4. The fourth-order valence-electron chi connectivity index (χ4n) is 2.03. The largest absolute Gasteiger partial charge is 0.383 e. The van der Waals surface area contributed by atoms with E-state index in [1.807, 2.05) is 18.2 Å². The number of anilines is 1. The maximum Gasteiger partial charge on any atom is 0.269 e. The Morgan fingerprint density at radius 3 is 2.52 bits per heavy atom. The van der Waals surface area contributed by atoms with Crippen LogP contribution >= 0.6 is 11.6 Å². The zero-order chi connectivity index (χ0) is 18.1. The van der Waals surface area contributed by atoms with Crippen LogP contribution in [0.15, 0.2) is 48.5 Å². The number of nitro groups is 1. The normalized spacial score (nSPS) is 10.3. The first-order valence-corrected chi connectivity index (χ1v) is 8.00. The Labute approximate surface area is 150 Å². The van der Waals surface area contributed by atoms with E-state index in [1.165, 1.54) is 12.1 Å². The summed E-state index contributed by atoms with van der Waals surface area (Å²) in [5, 5.41) is 16.9. The molecular weight excluding hydrogens is 346 g/mol. The number of benzene rings is 2. The summed E-state index contributed by atoms with van der Waals surface area (Å²) in [5.74, 6) is -0.224. The number of rotatable bonds is 9. The summed E-state index contributed by atoms with van der Waals surface area (Å²) in [6.45, 7) is 1.12. The molecule has 0 saturated carbocycles. The molecule has 0 radical (unpaired) electrons. The second-order valence-corrected chi connectivity index (χ2v) is 5.57. The summed E-state index contributed by atoms with van der Waals surface area (Å²) >= 11 is 6.00. The summed E-state index contributed by atoms with van der Waals surface area (Å²) in [5.41, 5.74) is 1.61. The molecule has 7 nitrogen and oxygen atoms in total. The van der Waals surface area contributed by atoms with Gasteiger partial charge in [-0.3, -0.25) is 14.9 Å². The summed E-state index contributed by atoms with van der Waals surface area (Å²) in [6, 6.07) is 13.4. The van der Waals surface area contributed by atoms with Gasteiger partial charge in [0.1, 0.15) is 6.61 Å². The van der Waals surface area contributed by atoms with Crippen molar-refractivity contribution in [2.75, 3.05) is 25.0 Å². The Morgan fingerprint density at radius 1 is 1.12 bits per heavy atom. The van der Waals surface area contributed by atoms with Gasteiger partial charge in [-0.15, -0.1) is 0 Å². The van der Waals surface area contributed by atoms with Crippen LogP contribution in [0.2, 0.25) is 5.02 Å². The smallest absolute Gasteiger partial charge is 0.269 e. The highest BCUT2D eigenvalue weighted by Crippen LogP contribution is 2.16. The zero-order valence-corrected chi connectivity index (χ0v) is 14.2. The Balaban J connectivity index is 1.60. The summed E-state index contributed by atoms with van der Waals surface area (Å²) in [7, 11) is 0. The number of nitrogens with one attached hydrogen (secondary N) is 2. The molecule has 0 aliphatic rings. The topological polar surface area (TPSA) is 93.5 Å². The van der Waals surface area contributed by atoms with Gasteiger partial charge in [-0.2, -0.15) is 0 Å². The van der Waals surface area contributed by atoms with Crippen molar-refractivity contribution in [1.82, 2.24) is 5.32 Å². The third-order valence-corrected chi connectivity index (χ3v) is 3.67. The van der Waals surface area contributed by atoms with E-state index in [-0.39, 0.29) is 24.8 Å². The van der Waals surface area contributed by atoms with Gasteiger partial charge in [0, 0.05) is 35.9 Å². The third-order valence-electron chi connectivity index (χ3n) is 3.30. The number of carbonyl (C=O) groups is 1. The van der Waals surface area contributed by atoms with Crippen molar-refractivity contribution in [1.29, 1.82) is 0 Å². The molecule has 0 bridgehead atoms. The first-order valence-electron chi connectivity index (χ1n) is 7.62. The zero-order valence-electron chi connectivity index (χ0n) is 13.4. The van der Waals surface area contributed by atoms with Crippen LogP contribution in [0, 0.1) is 10.1 Å². The van der Waals surface area contributed by atoms with Crippen LogP contribution in [-0.4, -0.2) is 30.5 Å². The lowest BCUT2D eigenvalue weighted by atomic mass is 10.2. The predicted octanol–water partition coefficient (Wildman–Crippen LogP) is 2.99. The molecule has 0 heterocycles. The molecule has 132 valence electrons. The predicted molar refractivity (Wildman–Crippen MR) is 95.7 cm³/mol. The molecule has 8 heteroatoms. The van der Waals surface area contributed by atoms with E-state index in [9.17, 15) is 14.9 Å². The number of carbonyl (C=O) groups excluding carboxylic acids is 1. The number of ether oxygens (including phenoxy) is 1. The SMILES string of the molecule is O=C(COCc1ccccc1Cl)NCCNc1ccc([N+](=O)[O-])cc1. The lowest BCUT2D eigenvalue weighted by Crippen LogP contribution is -2.31. The molecule has 0 aliphatic carbocycles. The number of nitrogens with zero attached hydrogens (tertiary/aromatic N) is 1. The number of halogens is 1. The maximum atomic E-state index is 11.7. The average Bonchev–Trinajstić information content (AvgIpc) is 2.61. The van der Waals surface area contributed by atoms with Gasteiger partial charge in [0.2, 0.25) is 5.91 Å². The maximum absolute atomic E-state index is 11.7. The summed E-state index contributed by atoms with van der Waals surface area (Å²) in [4.78, 5) is 21.8. The number of hydrogen-bond acceptors (Lipinski definition) is 5. The first-order chi connectivity index (χ1) is 12.1. The molecule has 1 amide bonds. The molecule has 0 fully saturated rings. The van der Waals surface area contributed by atoms with Crippen LogP contribution in [0.3, 0.4) is 0 Å². The van der Waals surface area contributed by atoms with Gasteiger partial charge in [-0.05, 0) is 23.8 Å². The minimum Gasteiger partial charge on any atom is -0.383 e. The molecule has 0 spiro atoms. The quantitative estimate of drug-likeness (QED) is 0.406. The molecule has 25 heavy (non-hydrogen) atoms. The third kappa shape index (κ3) is 6.40. The molecule has 2 aromatic carbocycles. The Morgan fingerprint density at radius 2 is 1.84 bits per heavy atom. The monoisotopic (exact) mass is 363 g/mol. The molecule has 2 aromatic rings. The number of amides is 1. The molecule has 2 rings (SSSR count). The molecule has 0 aromatic heterocycles. The van der Waals surface area contributed by atoms with Crippen LogP contribution in [-0.2, 0) is 16.1 Å². The van der Waals surface area contributed by atoms with Gasteiger partial charge < -0.3 is 15.4 Å². The van der Waals surface area contributed by atoms with E-state index in [4.69, 9.17) is 16.3 Å². The Bertz CT molecular complexity index is 722. The minimum atomic E-state index is -0.452. The number of nitro benzene ring substituents is 1. The van der Waals surface area contributed by atoms with Crippen LogP contribution in [0.25, 0.3) is 0 Å². The van der Waals surface area contributed by atoms with Crippen molar-refractivity contribution in [3.8, 4) is 0 Å². The highest BCUT2D eigenvalue weighted by Gasteiger charge is 2.05. The van der Waals surface area contributed by atoms with Crippen molar-refractivity contribution in [2.24, 2.45) is 0 Å². The van der Waals surface area contributed by atoms with Gasteiger partial charge in [-0.25, -0.2) is 0 Å². The van der Waals surface area contributed by atoms with Crippen LogP contribution in [0.5, 0.6) is 0 Å². The molecule has 0 aliphatic heterocycles.